The van der Waals surface area contributed by atoms with Crippen molar-refractivity contribution in [3.8, 4) is 6.07 Å². The number of carbonyl (C=O) groups excluding carboxylic acids is 1. The van der Waals surface area contributed by atoms with E-state index in [0.717, 1.165) is 42.6 Å². The van der Waals surface area contributed by atoms with Crippen LogP contribution in [0.2, 0.25) is 0 Å². The number of carbonyl (C=O) groups is 1. The van der Waals surface area contributed by atoms with Crippen LogP contribution in [0.25, 0.3) is 0 Å². The van der Waals surface area contributed by atoms with Crippen LogP contribution in [-0.4, -0.2) is 50.3 Å². The van der Waals surface area contributed by atoms with E-state index in [9.17, 15) is 10.1 Å². The molecule has 1 amide bonds. The summed E-state index contributed by atoms with van der Waals surface area (Å²) < 4.78 is 0. The molecular formula is C24H30N6OS. The van der Waals surface area contributed by atoms with Gasteiger partial charge in [-0.2, -0.15) is 5.26 Å². The SMILES string of the molecule is CCc1c(C#N)c(N2CCC(NC)CC2)nc(SC(C(N)=O)c2ccccc2)c1C=NC. The van der Waals surface area contributed by atoms with Crippen molar-refractivity contribution in [1.82, 2.24) is 10.3 Å². The van der Waals surface area contributed by atoms with Gasteiger partial charge in [-0.05, 0) is 37.4 Å². The van der Waals surface area contributed by atoms with Gasteiger partial charge in [0.05, 0.1) is 5.56 Å². The Labute approximate surface area is 194 Å². The molecule has 0 radical (unpaired) electrons. The van der Waals surface area contributed by atoms with Gasteiger partial charge in [-0.3, -0.25) is 9.79 Å². The van der Waals surface area contributed by atoms with E-state index in [-0.39, 0.29) is 0 Å². The zero-order chi connectivity index (χ0) is 23.1. The van der Waals surface area contributed by atoms with Crippen LogP contribution in [0.5, 0.6) is 0 Å². The highest BCUT2D eigenvalue weighted by Crippen LogP contribution is 2.39. The van der Waals surface area contributed by atoms with Gasteiger partial charge in [0, 0.05) is 38.0 Å². The molecule has 1 unspecified atom stereocenters. The Morgan fingerprint density at radius 3 is 2.62 bits per heavy atom. The molecule has 1 atom stereocenters. The second kappa shape index (κ2) is 11.1. The molecule has 0 aliphatic carbocycles. The monoisotopic (exact) mass is 450 g/mol. The van der Waals surface area contributed by atoms with Crippen molar-refractivity contribution in [2.45, 2.75) is 42.5 Å². The van der Waals surface area contributed by atoms with Gasteiger partial charge in [-0.25, -0.2) is 4.98 Å². The summed E-state index contributed by atoms with van der Waals surface area (Å²) in [5.41, 5.74) is 8.89. The van der Waals surface area contributed by atoms with Crippen molar-refractivity contribution in [3.63, 3.8) is 0 Å². The Hall–Kier alpha value is -2.89. The highest BCUT2D eigenvalue weighted by molar-refractivity contribution is 8.00. The summed E-state index contributed by atoms with van der Waals surface area (Å²) in [6.07, 6.45) is 4.36. The van der Waals surface area contributed by atoms with Crippen LogP contribution >= 0.6 is 11.8 Å². The molecule has 3 N–H and O–H groups in total. The third-order valence-corrected chi connectivity index (χ3v) is 7.08. The normalized spacial score (nSPS) is 15.6. The summed E-state index contributed by atoms with van der Waals surface area (Å²) in [5, 5.41) is 13.5. The van der Waals surface area contributed by atoms with E-state index in [0.29, 0.717) is 28.9 Å². The average molecular weight is 451 g/mol. The summed E-state index contributed by atoms with van der Waals surface area (Å²) in [4.78, 5) is 23.7. The van der Waals surface area contributed by atoms with E-state index >= 15 is 0 Å². The second-order valence-corrected chi connectivity index (χ2v) is 8.82. The average Bonchev–Trinajstić information content (AvgIpc) is 2.83. The van der Waals surface area contributed by atoms with Gasteiger partial charge in [-0.1, -0.05) is 49.0 Å². The molecule has 0 bridgehead atoms. The molecule has 1 aliphatic heterocycles. The minimum absolute atomic E-state index is 0.429. The standard InChI is InChI=1S/C24H30N6OS/c1-4-18-19(14-25)23(30-12-10-17(28-3)11-13-30)29-24(20(18)15-27-2)32-21(22(26)31)16-8-6-5-7-9-16/h5-9,15,17,21,28H,4,10-13H2,1-3H3,(H2,26,31). The lowest BCUT2D eigenvalue weighted by Crippen LogP contribution is -2.42. The molecule has 168 valence electrons. The van der Waals surface area contributed by atoms with Crippen LogP contribution in [0.3, 0.4) is 0 Å². The maximum atomic E-state index is 12.4. The van der Waals surface area contributed by atoms with Crippen LogP contribution < -0.4 is 16.0 Å². The number of amides is 1. The van der Waals surface area contributed by atoms with Gasteiger partial charge in [0.15, 0.2) is 0 Å². The third kappa shape index (κ3) is 5.12. The summed E-state index contributed by atoms with van der Waals surface area (Å²) in [6.45, 7) is 3.66. The quantitative estimate of drug-likeness (QED) is 0.473. The van der Waals surface area contributed by atoms with Crippen LogP contribution in [0, 0.1) is 11.3 Å². The van der Waals surface area contributed by atoms with Gasteiger partial charge in [-0.15, -0.1) is 0 Å². The largest absolute Gasteiger partial charge is 0.368 e. The lowest BCUT2D eigenvalue weighted by Gasteiger charge is -2.34. The third-order valence-electron chi connectivity index (χ3n) is 5.80. The van der Waals surface area contributed by atoms with E-state index < -0.39 is 11.2 Å². The summed E-state index contributed by atoms with van der Waals surface area (Å²) in [6, 6.07) is 12.3. The summed E-state index contributed by atoms with van der Waals surface area (Å²) in [7, 11) is 3.68. The minimum Gasteiger partial charge on any atom is -0.368 e. The second-order valence-electron chi connectivity index (χ2n) is 7.72. The summed E-state index contributed by atoms with van der Waals surface area (Å²) >= 11 is 1.32. The molecule has 32 heavy (non-hydrogen) atoms. The van der Waals surface area contributed by atoms with Crippen molar-refractivity contribution < 1.29 is 4.79 Å². The molecule has 0 saturated carbocycles. The number of rotatable bonds is 8. The zero-order valence-electron chi connectivity index (χ0n) is 18.8. The predicted octanol–water partition coefficient (Wildman–Crippen LogP) is 3.07. The van der Waals surface area contributed by atoms with Gasteiger partial charge < -0.3 is 16.0 Å². The van der Waals surface area contributed by atoms with Crippen molar-refractivity contribution in [3.05, 3.63) is 52.6 Å². The number of piperidine rings is 1. The lowest BCUT2D eigenvalue weighted by molar-refractivity contribution is -0.117. The number of hydrogen-bond acceptors (Lipinski definition) is 7. The molecule has 8 heteroatoms. The number of nitriles is 1. The Morgan fingerprint density at radius 1 is 1.41 bits per heavy atom. The first-order valence-corrected chi connectivity index (χ1v) is 11.7. The molecule has 1 aliphatic rings. The number of thioether (sulfide) groups is 1. The Morgan fingerprint density at radius 2 is 2.09 bits per heavy atom. The van der Waals surface area contributed by atoms with E-state index in [2.05, 4.69) is 21.3 Å². The number of nitrogens with zero attached hydrogens (tertiary/aromatic N) is 4. The first-order valence-electron chi connectivity index (χ1n) is 10.9. The number of primary amides is 1. The fraction of sp³-hybridized carbons (Fsp3) is 0.417. The summed E-state index contributed by atoms with van der Waals surface area (Å²) in [5.74, 6) is 0.257. The number of pyridine rings is 1. The minimum atomic E-state index is -0.590. The first kappa shape index (κ1) is 23.8. The molecule has 1 aromatic carbocycles. The molecule has 2 heterocycles. The highest BCUT2D eigenvalue weighted by atomic mass is 32.2. The highest BCUT2D eigenvalue weighted by Gasteiger charge is 2.28. The van der Waals surface area contributed by atoms with E-state index in [1.54, 1.807) is 13.3 Å². The first-order chi connectivity index (χ1) is 15.5. The predicted molar refractivity (Wildman–Crippen MR) is 130 cm³/mol. The molecular weight excluding hydrogens is 420 g/mol. The number of hydrogen-bond donors (Lipinski definition) is 2. The van der Waals surface area contributed by atoms with Crippen molar-refractivity contribution in [2.24, 2.45) is 10.7 Å². The Bertz CT molecular complexity index is 1010. The van der Waals surface area contributed by atoms with Crippen molar-refractivity contribution >= 4 is 29.7 Å². The maximum absolute atomic E-state index is 12.4. The fourth-order valence-electron chi connectivity index (χ4n) is 4.09. The van der Waals surface area contributed by atoms with Crippen LogP contribution in [0.15, 0.2) is 40.4 Å². The topological polar surface area (TPSA) is 107 Å². The van der Waals surface area contributed by atoms with Gasteiger partial charge in [0.1, 0.15) is 22.2 Å². The van der Waals surface area contributed by atoms with Gasteiger partial charge >= 0.3 is 0 Å². The fourth-order valence-corrected chi connectivity index (χ4v) is 5.16. The van der Waals surface area contributed by atoms with Crippen LogP contribution in [0.4, 0.5) is 5.82 Å². The smallest absolute Gasteiger partial charge is 0.235 e. The van der Waals surface area contributed by atoms with E-state index in [4.69, 9.17) is 10.7 Å². The molecule has 7 nitrogen and oxygen atoms in total. The Balaban J connectivity index is 2.11. The number of nitrogens with one attached hydrogen (secondary N) is 1. The van der Waals surface area contributed by atoms with Crippen molar-refractivity contribution in [1.29, 1.82) is 5.26 Å². The lowest BCUT2D eigenvalue weighted by atomic mass is 10.00. The number of nitrogens with two attached hydrogens (primary N) is 1. The molecule has 3 rings (SSSR count). The van der Waals surface area contributed by atoms with Gasteiger partial charge in [0.25, 0.3) is 0 Å². The number of aliphatic imine (C=N–C) groups is 1. The van der Waals surface area contributed by atoms with E-state index in [1.165, 1.54) is 11.8 Å². The van der Waals surface area contributed by atoms with Crippen LogP contribution in [-0.2, 0) is 11.2 Å². The maximum Gasteiger partial charge on any atom is 0.235 e. The number of benzene rings is 1. The molecule has 1 saturated heterocycles. The van der Waals surface area contributed by atoms with Crippen molar-refractivity contribution in [2.75, 3.05) is 32.1 Å². The van der Waals surface area contributed by atoms with Crippen LogP contribution in [0.1, 0.15) is 47.3 Å². The number of anilines is 1. The zero-order valence-corrected chi connectivity index (χ0v) is 19.7. The van der Waals surface area contributed by atoms with Gasteiger partial charge in [0.2, 0.25) is 5.91 Å². The molecule has 1 fully saturated rings. The Kier molecular flexibility index (Phi) is 8.26. The number of aromatic nitrogens is 1. The molecule has 2 aromatic rings. The van der Waals surface area contributed by atoms with E-state index in [1.807, 2.05) is 44.3 Å². The molecule has 1 aromatic heterocycles. The molecule has 0 spiro atoms.